The van der Waals surface area contributed by atoms with Crippen molar-refractivity contribution in [3.63, 3.8) is 0 Å². The van der Waals surface area contributed by atoms with Gasteiger partial charge in [-0.1, -0.05) is 18.2 Å². The third-order valence-electron chi connectivity index (χ3n) is 4.29. The molecular weight excluding hydrogens is 364 g/mol. The van der Waals surface area contributed by atoms with Crippen molar-refractivity contribution in [1.82, 2.24) is 15.0 Å². The standard InChI is InChI=1S/C19H16N4O3S/c1-26-19-15(13-5-2-3-7-17(13)27(20,24)25)9-12(10-23-19)16-11-22-18-14(16)6-4-8-21-18/h2-11H,1H3,(H,21,22)(H2,20,24,25). The van der Waals surface area contributed by atoms with Gasteiger partial charge in [-0.2, -0.15) is 0 Å². The van der Waals surface area contributed by atoms with Crippen LogP contribution in [0.15, 0.2) is 66.0 Å². The first-order valence-corrected chi connectivity index (χ1v) is 9.62. The quantitative estimate of drug-likeness (QED) is 0.565. The zero-order valence-electron chi connectivity index (χ0n) is 14.4. The Balaban J connectivity index is 1.97. The number of hydrogen-bond acceptors (Lipinski definition) is 5. The first-order valence-electron chi connectivity index (χ1n) is 8.08. The second-order valence-corrected chi connectivity index (χ2v) is 7.45. The Hall–Kier alpha value is -3.23. The van der Waals surface area contributed by atoms with E-state index >= 15 is 0 Å². The predicted octanol–water partition coefficient (Wildman–Crippen LogP) is 2.95. The minimum atomic E-state index is -3.91. The van der Waals surface area contributed by atoms with Crippen molar-refractivity contribution < 1.29 is 13.2 Å². The van der Waals surface area contributed by atoms with Gasteiger partial charge in [0.2, 0.25) is 15.9 Å². The molecule has 0 bridgehead atoms. The zero-order valence-corrected chi connectivity index (χ0v) is 15.2. The number of nitrogens with one attached hydrogen (secondary N) is 1. The summed E-state index contributed by atoms with van der Waals surface area (Å²) in [5, 5.41) is 6.33. The molecule has 7 nitrogen and oxygen atoms in total. The van der Waals surface area contributed by atoms with Crippen LogP contribution in [0.4, 0.5) is 0 Å². The lowest BCUT2D eigenvalue weighted by molar-refractivity contribution is 0.399. The number of methoxy groups -OCH3 is 1. The molecule has 0 amide bonds. The first kappa shape index (κ1) is 17.2. The van der Waals surface area contributed by atoms with Crippen LogP contribution in [0.1, 0.15) is 0 Å². The number of sulfonamides is 1. The maximum absolute atomic E-state index is 12.0. The molecule has 0 spiro atoms. The number of ether oxygens (including phenoxy) is 1. The van der Waals surface area contributed by atoms with E-state index in [2.05, 4.69) is 15.0 Å². The number of primary sulfonamides is 1. The molecule has 0 unspecified atom stereocenters. The summed E-state index contributed by atoms with van der Waals surface area (Å²) >= 11 is 0. The van der Waals surface area contributed by atoms with E-state index in [0.717, 1.165) is 22.2 Å². The molecular formula is C19H16N4O3S. The fourth-order valence-electron chi connectivity index (χ4n) is 3.09. The van der Waals surface area contributed by atoms with Crippen molar-refractivity contribution in [1.29, 1.82) is 0 Å². The fourth-order valence-corrected chi connectivity index (χ4v) is 3.84. The van der Waals surface area contributed by atoms with Crippen molar-refractivity contribution in [2.24, 2.45) is 5.14 Å². The normalized spacial score (nSPS) is 11.6. The number of aromatic amines is 1. The lowest BCUT2D eigenvalue weighted by atomic mass is 10.0. The van der Waals surface area contributed by atoms with Gasteiger partial charge in [-0.15, -0.1) is 0 Å². The second kappa shape index (κ2) is 6.49. The van der Waals surface area contributed by atoms with Crippen LogP contribution < -0.4 is 9.88 Å². The molecule has 0 fully saturated rings. The number of aromatic nitrogens is 3. The van der Waals surface area contributed by atoms with Crippen LogP contribution in [0.2, 0.25) is 0 Å². The largest absolute Gasteiger partial charge is 0.481 e. The first-order chi connectivity index (χ1) is 13.0. The highest BCUT2D eigenvalue weighted by Gasteiger charge is 2.19. The summed E-state index contributed by atoms with van der Waals surface area (Å²) in [5.74, 6) is 0.313. The highest BCUT2D eigenvalue weighted by Crippen LogP contribution is 2.37. The molecule has 136 valence electrons. The molecule has 0 atom stereocenters. The van der Waals surface area contributed by atoms with Gasteiger partial charge in [0.25, 0.3) is 0 Å². The van der Waals surface area contributed by atoms with Crippen LogP contribution in [0.3, 0.4) is 0 Å². The summed E-state index contributed by atoms with van der Waals surface area (Å²) < 4.78 is 29.4. The Kier molecular flexibility index (Phi) is 4.14. The highest BCUT2D eigenvalue weighted by atomic mass is 32.2. The van der Waals surface area contributed by atoms with Gasteiger partial charge in [-0.05, 0) is 24.3 Å². The molecule has 3 aromatic heterocycles. The molecule has 0 saturated carbocycles. The van der Waals surface area contributed by atoms with E-state index in [4.69, 9.17) is 9.88 Å². The maximum atomic E-state index is 12.0. The monoisotopic (exact) mass is 380 g/mol. The van der Waals surface area contributed by atoms with Crippen LogP contribution in [-0.4, -0.2) is 30.5 Å². The molecule has 0 saturated heterocycles. The van der Waals surface area contributed by atoms with Crippen LogP contribution in [0, 0.1) is 0 Å². The third kappa shape index (κ3) is 3.05. The molecule has 0 radical (unpaired) electrons. The SMILES string of the molecule is COc1ncc(-c2c[nH]c3ncccc23)cc1-c1ccccc1S(N)(=O)=O. The lowest BCUT2D eigenvalue weighted by Gasteiger charge is -2.12. The van der Waals surface area contributed by atoms with Crippen molar-refractivity contribution in [3.8, 4) is 28.1 Å². The molecule has 4 aromatic rings. The van der Waals surface area contributed by atoms with Gasteiger partial charge in [0.1, 0.15) is 5.65 Å². The molecule has 0 aliphatic rings. The van der Waals surface area contributed by atoms with E-state index in [1.807, 2.05) is 24.4 Å². The van der Waals surface area contributed by atoms with E-state index in [0.29, 0.717) is 17.0 Å². The van der Waals surface area contributed by atoms with Crippen LogP contribution in [0.5, 0.6) is 5.88 Å². The Morgan fingerprint density at radius 2 is 1.85 bits per heavy atom. The summed E-state index contributed by atoms with van der Waals surface area (Å²) in [5.41, 5.74) is 3.44. The summed E-state index contributed by atoms with van der Waals surface area (Å²) in [6, 6.07) is 12.2. The smallest absolute Gasteiger partial charge is 0.238 e. The summed E-state index contributed by atoms with van der Waals surface area (Å²) in [6.45, 7) is 0. The summed E-state index contributed by atoms with van der Waals surface area (Å²) in [7, 11) is -2.42. The predicted molar refractivity (Wildman–Crippen MR) is 103 cm³/mol. The van der Waals surface area contributed by atoms with Gasteiger partial charge in [0.15, 0.2) is 0 Å². The topological polar surface area (TPSA) is 111 Å². The van der Waals surface area contributed by atoms with Crippen molar-refractivity contribution in [2.75, 3.05) is 7.11 Å². The van der Waals surface area contributed by atoms with E-state index in [1.165, 1.54) is 13.2 Å². The Bertz CT molecular complexity index is 1250. The molecule has 0 aliphatic heterocycles. The van der Waals surface area contributed by atoms with Crippen LogP contribution in [-0.2, 0) is 10.0 Å². The number of fused-ring (bicyclic) bond motifs is 1. The number of pyridine rings is 2. The fraction of sp³-hybridized carbons (Fsp3) is 0.0526. The van der Waals surface area contributed by atoms with E-state index < -0.39 is 10.0 Å². The van der Waals surface area contributed by atoms with Gasteiger partial charge in [-0.25, -0.2) is 23.5 Å². The van der Waals surface area contributed by atoms with Crippen LogP contribution in [0.25, 0.3) is 33.3 Å². The minimum Gasteiger partial charge on any atom is -0.481 e. The van der Waals surface area contributed by atoms with Gasteiger partial charge in [0, 0.05) is 46.2 Å². The van der Waals surface area contributed by atoms with Gasteiger partial charge in [0.05, 0.1) is 12.0 Å². The molecule has 4 rings (SSSR count). The minimum absolute atomic E-state index is 0.0165. The van der Waals surface area contributed by atoms with Gasteiger partial charge in [-0.3, -0.25) is 0 Å². The van der Waals surface area contributed by atoms with Crippen molar-refractivity contribution in [2.45, 2.75) is 4.90 Å². The molecule has 3 N–H and O–H groups in total. The second-order valence-electron chi connectivity index (χ2n) is 5.92. The van der Waals surface area contributed by atoms with Gasteiger partial charge < -0.3 is 9.72 Å². The van der Waals surface area contributed by atoms with Crippen molar-refractivity contribution in [3.05, 3.63) is 61.1 Å². The van der Waals surface area contributed by atoms with E-state index in [1.54, 1.807) is 30.6 Å². The number of rotatable bonds is 4. The molecule has 0 aliphatic carbocycles. The van der Waals surface area contributed by atoms with E-state index in [9.17, 15) is 8.42 Å². The lowest BCUT2D eigenvalue weighted by Crippen LogP contribution is -2.13. The zero-order chi connectivity index (χ0) is 19.0. The number of hydrogen-bond donors (Lipinski definition) is 2. The Morgan fingerprint density at radius 1 is 1.04 bits per heavy atom. The molecule has 8 heteroatoms. The molecule has 3 heterocycles. The summed E-state index contributed by atoms with van der Waals surface area (Å²) in [6.07, 6.45) is 5.23. The average Bonchev–Trinajstić information content (AvgIpc) is 3.11. The third-order valence-corrected chi connectivity index (χ3v) is 5.26. The summed E-state index contributed by atoms with van der Waals surface area (Å²) in [4.78, 5) is 11.8. The molecule has 27 heavy (non-hydrogen) atoms. The highest BCUT2D eigenvalue weighted by molar-refractivity contribution is 7.89. The number of H-pyrrole nitrogens is 1. The average molecular weight is 380 g/mol. The maximum Gasteiger partial charge on any atom is 0.238 e. The number of nitrogens with zero attached hydrogens (tertiary/aromatic N) is 2. The number of benzene rings is 1. The Labute approximate surface area is 155 Å². The van der Waals surface area contributed by atoms with E-state index in [-0.39, 0.29) is 4.90 Å². The molecule has 1 aromatic carbocycles. The van der Waals surface area contributed by atoms with Crippen molar-refractivity contribution >= 4 is 21.1 Å². The van der Waals surface area contributed by atoms with Crippen LogP contribution >= 0.6 is 0 Å². The Morgan fingerprint density at radius 3 is 2.63 bits per heavy atom. The number of nitrogens with two attached hydrogens (primary N) is 1. The van der Waals surface area contributed by atoms with Gasteiger partial charge >= 0.3 is 0 Å².